The molecule has 1 atom stereocenters. The maximum Gasteiger partial charge on any atom is 0.270 e. The lowest BCUT2D eigenvalue weighted by Crippen LogP contribution is -2.29. The van der Waals surface area contributed by atoms with E-state index in [0.717, 1.165) is 43.2 Å². The fourth-order valence-electron chi connectivity index (χ4n) is 4.13. The van der Waals surface area contributed by atoms with E-state index < -0.39 is 10.8 Å². The molecule has 4 rings (SSSR count). The molecule has 3 aromatic carbocycles. The van der Waals surface area contributed by atoms with Gasteiger partial charge in [0, 0.05) is 36.6 Å². The molecule has 0 aromatic heterocycles. The molecule has 0 aliphatic carbocycles. The topological polar surface area (TPSA) is 105 Å². The summed E-state index contributed by atoms with van der Waals surface area (Å²) in [6.45, 7) is 3.64. The van der Waals surface area contributed by atoms with Crippen LogP contribution in [0, 0.1) is 10.1 Å². The van der Waals surface area contributed by atoms with E-state index in [-0.39, 0.29) is 28.2 Å². The average molecular weight is 493 g/mol. The molecule has 1 aliphatic rings. The van der Waals surface area contributed by atoms with E-state index in [1.165, 1.54) is 12.1 Å². The number of hydrogen-bond acceptors (Lipinski definition) is 5. The number of rotatable bonds is 7. The minimum atomic E-state index is -0.577. The van der Waals surface area contributed by atoms with Crippen LogP contribution in [0.4, 0.5) is 17.1 Å². The Labute approximate surface area is 208 Å². The monoisotopic (exact) mass is 492 g/mol. The van der Waals surface area contributed by atoms with Crippen LogP contribution < -0.4 is 15.5 Å². The second kappa shape index (κ2) is 10.6. The lowest BCUT2D eigenvalue weighted by atomic mass is 10.1. The Morgan fingerprint density at radius 2 is 1.69 bits per heavy atom. The van der Waals surface area contributed by atoms with Crippen molar-refractivity contribution >= 4 is 40.5 Å². The zero-order valence-electron chi connectivity index (χ0n) is 19.2. The van der Waals surface area contributed by atoms with Gasteiger partial charge in [-0.25, -0.2) is 0 Å². The number of nitro benzene ring substituents is 1. The zero-order valence-corrected chi connectivity index (χ0v) is 19.9. The first-order valence-corrected chi connectivity index (χ1v) is 11.7. The van der Waals surface area contributed by atoms with E-state index in [9.17, 15) is 19.7 Å². The number of amides is 2. The van der Waals surface area contributed by atoms with Gasteiger partial charge in [0.15, 0.2) is 0 Å². The number of carbonyl (C=O) groups excluding carboxylic acids is 2. The fourth-order valence-corrected chi connectivity index (χ4v) is 4.39. The first-order valence-electron chi connectivity index (χ1n) is 11.3. The van der Waals surface area contributed by atoms with Crippen molar-refractivity contribution in [2.45, 2.75) is 25.8 Å². The van der Waals surface area contributed by atoms with Gasteiger partial charge < -0.3 is 15.5 Å². The summed E-state index contributed by atoms with van der Waals surface area (Å²) in [5, 5.41) is 16.7. The van der Waals surface area contributed by atoms with Crippen LogP contribution in [0.5, 0.6) is 0 Å². The van der Waals surface area contributed by atoms with E-state index >= 15 is 0 Å². The third-order valence-electron chi connectivity index (χ3n) is 6.00. The molecule has 2 amide bonds. The molecule has 0 saturated carbocycles. The second-order valence-corrected chi connectivity index (χ2v) is 8.81. The predicted octanol–water partition coefficient (Wildman–Crippen LogP) is 5.59. The number of benzene rings is 3. The van der Waals surface area contributed by atoms with Crippen molar-refractivity contribution in [3.05, 3.63) is 98.6 Å². The Bertz CT molecular complexity index is 1260. The van der Waals surface area contributed by atoms with Crippen LogP contribution >= 0.6 is 11.6 Å². The summed E-state index contributed by atoms with van der Waals surface area (Å²) in [5.74, 6) is -0.768. The van der Waals surface area contributed by atoms with Crippen LogP contribution in [0.1, 0.15) is 52.1 Å². The molecule has 0 bridgehead atoms. The molecule has 0 radical (unpaired) electrons. The highest BCUT2D eigenvalue weighted by Gasteiger charge is 2.22. The summed E-state index contributed by atoms with van der Waals surface area (Å²) in [7, 11) is 0. The highest BCUT2D eigenvalue weighted by atomic mass is 35.5. The van der Waals surface area contributed by atoms with Gasteiger partial charge in [-0.05, 0) is 49.6 Å². The van der Waals surface area contributed by atoms with Crippen molar-refractivity contribution in [2.75, 3.05) is 23.3 Å². The molecule has 35 heavy (non-hydrogen) atoms. The lowest BCUT2D eigenvalue weighted by molar-refractivity contribution is -0.384. The molecule has 0 unspecified atom stereocenters. The van der Waals surface area contributed by atoms with Crippen LogP contribution in [-0.2, 0) is 0 Å². The van der Waals surface area contributed by atoms with Crippen LogP contribution in [0.15, 0.2) is 66.7 Å². The highest BCUT2D eigenvalue weighted by molar-refractivity contribution is 6.34. The maximum atomic E-state index is 13.3. The molecule has 1 fully saturated rings. The normalized spacial score (nSPS) is 13.8. The minimum absolute atomic E-state index is 0.0277. The summed E-state index contributed by atoms with van der Waals surface area (Å²) in [6.07, 6.45) is 2.11. The summed E-state index contributed by atoms with van der Waals surface area (Å²) in [5.41, 5.74) is 2.58. The summed E-state index contributed by atoms with van der Waals surface area (Å²) in [4.78, 5) is 38.7. The Morgan fingerprint density at radius 3 is 2.34 bits per heavy atom. The van der Waals surface area contributed by atoms with Gasteiger partial charge in [0.25, 0.3) is 17.5 Å². The zero-order chi connectivity index (χ0) is 24.9. The Balaban J connectivity index is 1.59. The highest BCUT2D eigenvalue weighted by Crippen LogP contribution is 2.29. The quantitative estimate of drug-likeness (QED) is 0.330. The number of carbonyl (C=O) groups is 2. The number of hydrogen-bond donors (Lipinski definition) is 2. The minimum Gasteiger partial charge on any atom is -0.371 e. The first-order chi connectivity index (χ1) is 16.8. The van der Waals surface area contributed by atoms with Gasteiger partial charge in [0.1, 0.15) is 0 Å². The standard InChI is InChI=1S/C26H25ClN4O4/c1-17(18-7-3-2-4-8-18)28-26(33)22-15-19(9-12-24(22)30-13-5-6-14-30)29-25(32)21-11-10-20(31(34)35)16-23(21)27/h2-4,7-12,15-17H,5-6,13-14H2,1H3,(H,28,33)(H,29,32)/t17-/m0/s1. The summed E-state index contributed by atoms with van der Waals surface area (Å²) in [6, 6.07) is 18.4. The number of halogens is 1. The van der Waals surface area contributed by atoms with Crippen LogP contribution in [0.2, 0.25) is 5.02 Å². The molecule has 2 N–H and O–H groups in total. The van der Waals surface area contributed by atoms with Crippen LogP contribution in [-0.4, -0.2) is 29.8 Å². The largest absolute Gasteiger partial charge is 0.371 e. The van der Waals surface area contributed by atoms with Gasteiger partial charge in [-0.1, -0.05) is 41.9 Å². The SMILES string of the molecule is C[C@H](NC(=O)c1cc(NC(=O)c2ccc([N+](=O)[O-])cc2Cl)ccc1N1CCCC1)c1ccccc1. The van der Waals surface area contributed by atoms with Crippen molar-refractivity contribution in [3.8, 4) is 0 Å². The molecular formula is C26H25ClN4O4. The number of non-ortho nitro benzene ring substituents is 1. The Morgan fingerprint density at radius 1 is 0.971 bits per heavy atom. The number of nitrogens with one attached hydrogen (secondary N) is 2. The van der Waals surface area contributed by atoms with Gasteiger partial charge in [0.2, 0.25) is 0 Å². The Hall–Kier alpha value is -3.91. The molecule has 9 heteroatoms. The molecular weight excluding hydrogens is 468 g/mol. The van der Waals surface area contributed by atoms with Crippen molar-refractivity contribution in [3.63, 3.8) is 0 Å². The smallest absolute Gasteiger partial charge is 0.270 e. The fraction of sp³-hybridized carbons (Fsp3) is 0.231. The van der Waals surface area contributed by atoms with Crippen molar-refractivity contribution in [2.24, 2.45) is 0 Å². The van der Waals surface area contributed by atoms with Gasteiger partial charge >= 0.3 is 0 Å². The first kappa shape index (κ1) is 24.2. The van der Waals surface area contributed by atoms with Crippen LogP contribution in [0.3, 0.4) is 0 Å². The van der Waals surface area contributed by atoms with Crippen LogP contribution in [0.25, 0.3) is 0 Å². The molecule has 0 spiro atoms. The van der Waals surface area contributed by atoms with Gasteiger partial charge in [0.05, 0.1) is 27.1 Å². The van der Waals surface area contributed by atoms with E-state index in [2.05, 4.69) is 15.5 Å². The van der Waals surface area contributed by atoms with E-state index in [1.54, 1.807) is 12.1 Å². The molecule has 1 aliphatic heterocycles. The maximum absolute atomic E-state index is 13.3. The molecule has 1 heterocycles. The molecule has 180 valence electrons. The molecule has 8 nitrogen and oxygen atoms in total. The lowest BCUT2D eigenvalue weighted by Gasteiger charge is -2.23. The van der Waals surface area contributed by atoms with E-state index in [0.29, 0.717) is 11.3 Å². The third kappa shape index (κ3) is 5.60. The Kier molecular flexibility index (Phi) is 7.31. The number of nitrogens with zero attached hydrogens (tertiary/aromatic N) is 2. The van der Waals surface area contributed by atoms with Crippen molar-refractivity contribution < 1.29 is 14.5 Å². The summed E-state index contributed by atoms with van der Waals surface area (Å²) >= 11 is 6.11. The molecule has 3 aromatic rings. The van der Waals surface area contributed by atoms with Gasteiger partial charge in [-0.3, -0.25) is 19.7 Å². The van der Waals surface area contributed by atoms with E-state index in [1.807, 2.05) is 43.3 Å². The van der Waals surface area contributed by atoms with Crippen molar-refractivity contribution in [1.82, 2.24) is 5.32 Å². The van der Waals surface area contributed by atoms with Gasteiger partial charge in [-0.2, -0.15) is 0 Å². The van der Waals surface area contributed by atoms with E-state index in [4.69, 9.17) is 11.6 Å². The van der Waals surface area contributed by atoms with Crippen molar-refractivity contribution in [1.29, 1.82) is 0 Å². The number of nitro groups is 1. The second-order valence-electron chi connectivity index (χ2n) is 8.41. The molecule has 1 saturated heterocycles. The predicted molar refractivity (Wildman–Crippen MR) is 136 cm³/mol. The van der Waals surface area contributed by atoms with Gasteiger partial charge in [-0.15, -0.1) is 0 Å². The third-order valence-corrected chi connectivity index (χ3v) is 6.31. The summed E-state index contributed by atoms with van der Waals surface area (Å²) < 4.78 is 0. The average Bonchev–Trinajstić information content (AvgIpc) is 3.39. The number of anilines is 2.